The van der Waals surface area contributed by atoms with Crippen LogP contribution in [0.3, 0.4) is 0 Å². The average Bonchev–Trinajstić information content (AvgIpc) is 2.89. The monoisotopic (exact) mass is 475 g/mol. The molecule has 6 heteroatoms. The number of hydrogen-bond acceptors (Lipinski definition) is 5. The number of benzene rings is 3. The van der Waals surface area contributed by atoms with Gasteiger partial charge in [0.05, 0.1) is 5.69 Å². The van der Waals surface area contributed by atoms with Crippen molar-refractivity contribution in [2.75, 3.05) is 55.7 Å². The summed E-state index contributed by atoms with van der Waals surface area (Å²) in [6.45, 7) is 5.88. The predicted molar refractivity (Wildman–Crippen MR) is 139 cm³/mol. The number of piperazine rings is 1. The molecular weight excluding hydrogens is 441 g/mol. The predicted octanol–water partition coefficient (Wildman–Crippen LogP) is 4.34. The quantitative estimate of drug-likeness (QED) is 0.525. The lowest BCUT2D eigenvalue weighted by atomic mass is 10.0. The topological polar surface area (TPSA) is 39.2 Å². The summed E-state index contributed by atoms with van der Waals surface area (Å²) < 4.78 is 20.0. The molecule has 184 valence electrons. The van der Waals surface area contributed by atoms with Crippen LogP contribution >= 0.6 is 0 Å². The van der Waals surface area contributed by atoms with Crippen molar-refractivity contribution in [1.82, 2.24) is 4.90 Å². The number of anilines is 2. The van der Waals surface area contributed by atoms with Gasteiger partial charge in [-0.3, -0.25) is 4.90 Å². The van der Waals surface area contributed by atoms with Gasteiger partial charge in [0.2, 0.25) is 0 Å². The summed E-state index contributed by atoms with van der Waals surface area (Å²) in [5.41, 5.74) is 4.56. The van der Waals surface area contributed by atoms with Gasteiger partial charge in [-0.1, -0.05) is 42.5 Å². The lowest BCUT2D eigenvalue weighted by Crippen LogP contribution is -2.49. The number of β-amino-alcohol motifs (C(OH)–C–C–N with tert-alkyl or cyclic N) is 1. The zero-order valence-electron chi connectivity index (χ0n) is 20.2. The van der Waals surface area contributed by atoms with Gasteiger partial charge in [-0.05, 0) is 54.3 Å². The Balaban J connectivity index is 1.10. The highest BCUT2D eigenvalue weighted by Crippen LogP contribution is 2.31. The number of para-hydroxylation sites is 1. The highest BCUT2D eigenvalue weighted by molar-refractivity contribution is 5.58. The minimum atomic E-state index is -0.569. The SMILES string of the molecule is OC(COc1ccc2c(c1)CCCN2Cc1ccccc1)CN1CCN(c2ccccc2F)CC1. The fraction of sp³-hybridized carbons (Fsp3) is 0.379. The Morgan fingerprint density at radius 2 is 1.63 bits per heavy atom. The summed E-state index contributed by atoms with van der Waals surface area (Å²) in [4.78, 5) is 6.73. The van der Waals surface area contributed by atoms with Crippen LogP contribution in [-0.2, 0) is 13.0 Å². The smallest absolute Gasteiger partial charge is 0.146 e. The molecule has 1 fully saturated rings. The molecule has 3 aromatic carbocycles. The number of aliphatic hydroxyl groups excluding tert-OH is 1. The van der Waals surface area contributed by atoms with Crippen LogP contribution in [-0.4, -0.2) is 62.0 Å². The van der Waals surface area contributed by atoms with E-state index in [0.717, 1.165) is 57.9 Å². The molecular formula is C29H34FN3O2. The maximum atomic E-state index is 14.1. The summed E-state index contributed by atoms with van der Waals surface area (Å²) in [7, 11) is 0. The summed E-state index contributed by atoms with van der Waals surface area (Å²) >= 11 is 0. The molecule has 3 aromatic rings. The molecule has 2 heterocycles. The van der Waals surface area contributed by atoms with Gasteiger partial charge < -0.3 is 19.6 Å². The number of aryl methyl sites for hydroxylation is 1. The largest absolute Gasteiger partial charge is 0.491 e. The first-order valence-corrected chi connectivity index (χ1v) is 12.6. The van der Waals surface area contributed by atoms with Gasteiger partial charge in [0.15, 0.2) is 0 Å². The Morgan fingerprint density at radius 1 is 0.857 bits per heavy atom. The van der Waals surface area contributed by atoms with Crippen molar-refractivity contribution < 1.29 is 14.2 Å². The zero-order chi connectivity index (χ0) is 24.0. The molecule has 5 rings (SSSR count). The minimum absolute atomic E-state index is 0.178. The van der Waals surface area contributed by atoms with Gasteiger partial charge in [-0.15, -0.1) is 0 Å². The van der Waals surface area contributed by atoms with Gasteiger partial charge >= 0.3 is 0 Å². The number of fused-ring (bicyclic) bond motifs is 1. The normalized spacial score (nSPS) is 17.2. The molecule has 0 saturated carbocycles. The van der Waals surface area contributed by atoms with E-state index >= 15 is 0 Å². The van der Waals surface area contributed by atoms with E-state index in [-0.39, 0.29) is 12.4 Å². The van der Waals surface area contributed by atoms with Crippen molar-refractivity contribution in [2.24, 2.45) is 0 Å². The van der Waals surface area contributed by atoms with E-state index in [1.807, 2.05) is 18.2 Å². The van der Waals surface area contributed by atoms with Crippen LogP contribution in [0.15, 0.2) is 72.8 Å². The van der Waals surface area contributed by atoms with Crippen molar-refractivity contribution in [2.45, 2.75) is 25.5 Å². The van der Waals surface area contributed by atoms with E-state index in [1.165, 1.54) is 22.9 Å². The first kappa shape index (κ1) is 23.6. The average molecular weight is 476 g/mol. The molecule has 1 N–H and O–H groups in total. The van der Waals surface area contributed by atoms with Crippen molar-refractivity contribution in [1.29, 1.82) is 0 Å². The molecule has 0 amide bonds. The summed E-state index contributed by atoms with van der Waals surface area (Å²) in [6, 6.07) is 23.8. The maximum Gasteiger partial charge on any atom is 0.146 e. The molecule has 35 heavy (non-hydrogen) atoms. The Morgan fingerprint density at radius 3 is 2.43 bits per heavy atom. The molecule has 5 nitrogen and oxygen atoms in total. The number of aliphatic hydroxyl groups is 1. The molecule has 1 saturated heterocycles. The molecule has 2 aliphatic rings. The Kier molecular flexibility index (Phi) is 7.50. The summed E-state index contributed by atoms with van der Waals surface area (Å²) in [5, 5.41) is 10.6. The van der Waals surface area contributed by atoms with E-state index in [9.17, 15) is 9.50 Å². The summed E-state index contributed by atoms with van der Waals surface area (Å²) in [6.07, 6.45) is 1.61. The number of halogens is 1. The van der Waals surface area contributed by atoms with Crippen molar-refractivity contribution in [3.05, 3.63) is 89.7 Å². The molecule has 0 aromatic heterocycles. The van der Waals surface area contributed by atoms with E-state index in [4.69, 9.17) is 4.74 Å². The minimum Gasteiger partial charge on any atom is -0.491 e. The first-order valence-electron chi connectivity index (χ1n) is 12.6. The maximum absolute atomic E-state index is 14.1. The van der Waals surface area contributed by atoms with E-state index in [0.29, 0.717) is 12.2 Å². The van der Waals surface area contributed by atoms with Crippen molar-refractivity contribution in [3.8, 4) is 5.75 Å². The summed E-state index contributed by atoms with van der Waals surface area (Å²) in [5.74, 6) is 0.636. The van der Waals surface area contributed by atoms with Gasteiger partial charge in [-0.25, -0.2) is 4.39 Å². The van der Waals surface area contributed by atoms with E-state index in [2.05, 4.69) is 57.2 Å². The lowest BCUT2D eigenvalue weighted by Gasteiger charge is -2.37. The number of nitrogens with zero attached hydrogens (tertiary/aromatic N) is 3. The van der Waals surface area contributed by atoms with Gasteiger partial charge in [0, 0.05) is 51.5 Å². The van der Waals surface area contributed by atoms with Crippen molar-refractivity contribution >= 4 is 11.4 Å². The van der Waals surface area contributed by atoms with Gasteiger partial charge in [0.25, 0.3) is 0 Å². The van der Waals surface area contributed by atoms with Crippen LogP contribution in [0.2, 0.25) is 0 Å². The fourth-order valence-electron chi connectivity index (χ4n) is 5.13. The van der Waals surface area contributed by atoms with Crippen LogP contribution in [0.1, 0.15) is 17.5 Å². The molecule has 0 spiro atoms. The van der Waals surface area contributed by atoms with Gasteiger partial charge in [0.1, 0.15) is 24.3 Å². The third-order valence-electron chi connectivity index (χ3n) is 6.96. The number of ether oxygens (including phenoxy) is 1. The Bertz CT molecular complexity index is 1100. The van der Waals surface area contributed by atoms with Gasteiger partial charge in [-0.2, -0.15) is 0 Å². The second kappa shape index (κ2) is 11.1. The molecule has 1 unspecified atom stereocenters. The van der Waals surface area contributed by atoms with Crippen LogP contribution in [0.25, 0.3) is 0 Å². The molecule has 0 bridgehead atoms. The Hall–Kier alpha value is -3.09. The van der Waals surface area contributed by atoms with Crippen LogP contribution < -0.4 is 14.5 Å². The molecule has 2 aliphatic heterocycles. The number of hydrogen-bond donors (Lipinski definition) is 1. The Labute approximate surface area is 207 Å². The highest BCUT2D eigenvalue weighted by atomic mass is 19.1. The highest BCUT2D eigenvalue weighted by Gasteiger charge is 2.22. The third kappa shape index (κ3) is 5.95. The fourth-order valence-corrected chi connectivity index (χ4v) is 5.13. The van der Waals surface area contributed by atoms with Crippen LogP contribution in [0, 0.1) is 5.82 Å². The lowest BCUT2D eigenvalue weighted by molar-refractivity contribution is 0.0662. The van der Waals surface area contributed by atoms with Crippen LogP contribution in [0.4, 0.5) is 15.8 Å². The third-order valence-corrected chi connectivity index (χ3v) is 6.96. The zero-order valence-corrected chi connectivity index (χ0v) is 20.2. The second-order valence-electron chi connectivity index (χ2n) is 9.51. The number of rotatable bonds is 8. The molecule has 0 aliphatic carbocycles. The first-order chi connectivity index (χ1) is 17.2. The van der Waals surface area contributed by atoms with E-state index < -0.39 is 6.10 Å². The standard InChI is InChI=1S/C29H34FN3O2/c30-27-10-4-5-11-29(27)32-17-15-31(16-18-32)21-25(34)22-35-26-12-13-28-24(19-26)9-6-14-33(28)20-23-7-2-1-3-8-23/h1-5,7-8,10-13,19,25,34H,6,9,14-18,20-22H2. The van der Waals surface area contributed by atoms with E-state index in [1.54, 1.807) is 6.07 Å². The molecule has 1 atom stereocenters. The molecule has 0 radical (unpaired) electrons. The second-order valence-corrected chi connectivity index (χ2v) is 9.51. The van der Waals surface area contributed by atoms with Crippen LogP contribution in [0.5, 0.6) is 5.75 Å². The van der Waals surface area contributed by atoms with Crippen molar-refractivity contribution in [3.63, 3.8) is 0 Å².